The molecule has 0 bridgehead atoms. The maximum absolute atomic E-state index is 9.79. The Kier molecular flexibility index (Phi) is 4.55. The summed E-state index contributed by atoms with van der Waals surface area (Å²) in [6.07, 6.45) is 2.56. The van der Waals surface area contributed by atoms with Gasteiger partial charge in [-0.1, -0.05) is 13.0 Å². The van der Waals surface area contributed by atoms with Crippen molar-refractivity contribution in [1.82, 2.24) is 9.88 Å². The Morgan fingerprint density at radius 3 is 2.67 bits per heavy atom. The predicted octanol–water partition coefficient (Wildman–Crippen LogP) is 1.67. The van der Waals surface area contributed by atoms with Crippen molar-refractivity contribution >= 4 is 5.82 Å². The molecule has 0 saturated carbocycles. The molecule has 100 valence electrons. The fourth-order valence-corrected chi connectivity index (χ4v) is 2.50. The minimum atomic E-state index is -0.456. The molecule has 1 aromatic heterocycles. The van der Waals surface area contributed by atoms with E-state index < -0.39 is 6.10 Å². The maximum atomic E-state index is 9.79. The van der Waals surface area contributed by atoms with Crippen LogP contribution in [-0.2, 0) is 0 Å². The topological polar surface area (TPSA) is 39.6 Å². The Morgan fingerprint density at radius 1 is 1.33 bits per heavy atom. The molecule has 1 saturated heterocycles. The monoisotopic (exact) mass is 249 g/mol. The van der Waals surface area contributed by atoms with Gasteiger partial charge in [-0.05, 0) is 26.0 Å². The van der Waals surface area contributed by atoms with Crippen LogP contribution in [0, 0.1) is 0 Å². The highest BCUT2D eigenvalue weighted by Crippen LogP contribution is 2.24. The number of rotatable bonds is 4. The molecule has 2 heterocycles. The first-order valence-electron chi connectivity index (χ1n) is 6.82. The molecule has 1 aliphatic rings. The highest BCUT2D eigenvalue weighted by Gasteiger charge is 2.20. The van der Waals surface area contributed by atoms with Gasteiger partial charge in [-0.15, -0.1) is 0 Å². The van der Waals surface area contributed by atoms with E-state index >= 15 is 0 Å². The van der Waals surface area contributed by atoms with E-state index in [-0.39, 0.29) is 0 Å². The van der Waals surface area contributed by atoms with Gasteiger partial charge in [-0.2, -0.15) is 0 Å². The highest BCUT2D eigenvalue weighted by atomic mass is 16.3. The number of nitrogens with zero attached hydrogens (tertiary/aromatic N) is 3. The molecule has 0 aromatic carbocycles. The Labute approximate surface area is 109 Å². The number of piperazine rings is 1. The molecule has 0 amide bonds. The van der Waals surface area contributed by atoms with Crippen LogP contribution < -0.4 is 4.90 Å². The molecule has 1 aliphatic heterocycles. The first kappa shape index (κ1) is 13.3. The molecule has 1 N–H and O–H groups in total. The van der Waals surface area contributed by atoms with Gasteiger partial charge in [0.1, 0.15) is 5.82 Å². The van der Waals surface area contributed by atoms with E-state index in [2.05, 4.69) is 21.7 Å². The molecule has 0 aliphatic carbocycles. The van der Waals surface area contributed by atoms with Crippen LogP contribution in [0.15, 0.2) is 18.3 Å². The molecule has 4 heteroatoms. The largest absolute Gasteiger partial charge is 0.389 e. The second-order valence-electron chi connectivity index (χ2n) is 4.92. The van der Waals surface area contributed by atoms with Crippen LogP contribution in [0.5, 0.6) is 0 Å². The summed E-state index contributed by atoms with van der Waals surface area (Å²) in [4.78, 5) is 9.22. The Bertz CT molecular complexity index is 373. The molecule has 0 spiro atoms. The summed E-state index contributed by atoms with van der Waals surface area (Å²) in [6, 6.07) is 3.85. The lowest BCUT2D eigenvalue weighted by Crippen LogP contribution is -2.47. The first-order chi connectivity index (χ1) is 8.72. The van der Waals surface area contributed by atoms with Crippen molar-refractivity contribution in [1.29, 1.82) is 0 Å². The number of hydrogen-bond donors (Lipinski definition) is 1. The number of aliphatic hydroxyl groups is 1. The standard InChI is InChI=1S/C14H23N3O/c1-3-7-16-8-10-17(11-9-16)14-13(12(2)18)5-4-6-15-14/h4-6,12,18H,3,7-11H2,1-2H3. The number of aromatic nitrogens is 1. The summed E-state index contributed by atoms with van der Waals surface area (Å²) in [5.41, 5.74) is 0.932. The van der Waals surface area contributed by atoms with E-state index in [1.54, 1.807) is 13.1 Å². The zero-order chi connectivity index (χ0) is 13.0. The summed E-state index contributed by atoms with van der Waals surface area (Å²) < 4.78 is 0. The normalized spacial score (nSPS) is 18.9. The average molecular weight is 249 g/mol. The SMILES string of the molecule is CCCN1CCN(c2ncccc2C(C)O)CC1. The summed E-state index contributed by atoms with van der Waals surface area (Å²) in [5, 5.41) is 9.79. The Balaban J connectivity index is 2.05. The highest BCUT2D eigenvalue weighted by molar-refractivity contribution is 5.48. The molecule has 1 aromatic rings. The summed E-state index contributed by atoms with van der Waals surface area (Å²) in [6.45, 7) is 9.37. The first-order valence-corrected chi connectivity index (χ1v) is 6.82. The van der Waals surface area contributed by atoms with Gasteiger partial charge in [-0.25, -0.2) is 4.98 Å². The molecular formula is C14H23N3O. The number of aliphatic hydroxyl groups excluding tert-OH is 1. The molecule has 1 unspecified atom stereocenters. The van der Waals surface area contributed by atoms with Gasteiger partial charge in [0.05, 0.1) is 6.10 Å². The summed E-state index contributed by atoms with van der Waals surface area (Å²) in [7, 11) is 0. The van der Waals surface area contributed by atoms with Crippen molar-refractivity contribution in [2.24, 2.45) is 0 Å². The van der Waals surface area contributed by atoms with Gasteiger partial charge in [0.15, 0.2) is 0 Å². The van der Waals surface area contributed by atoms with Crippen LogP contribution in [0.1, 0.15) is 31.9 Å². The van der Waals surface area contributed by atoms with Crippen LogP contribution in [0.4, 0.5) is 5.82 Å². The van der Waals surface area contributed by atoms with Gasteiger partial charge < -0.3 is 10.0 Å². The van der Waals surface area contributed by atoms with Crippen molar-refractivity contribution in [3.05, 3.63) is 23.9 Å². The molecule has 0 radical (unpaired) electrons. The van der Waals surface area contributed by atoms with E-state index in [9.17, 15) is 5.11 Å². The molecule has 2 rings (SSSR count). The van der Waals surface area contributed by atoms with Gasteiger partial charge in [-0.3, -0.25) is 4.90 Å². The van der Waals surface area contributed by atoms with Crippen molar-refractivity contribution < 1.29 is 5.11 Å². The smallest absolute Gasteiger partial charge is 0.134 e. The fraction of sp³-hybridized carbons (Fsp3) is 0.643. The second kappa shape index (κ2) is 6.16. The Hall–Kier alpha value is -1.13. The minimum Gasteiger partial charge on any atom is -0.389 e. The van der Waals surface area contributed by atoms with Crippen molar-refractivity contribution in [3.63, 3.8) is 0 Å². The minimum absolute atomic E-state index is 0.456. The maximum Gasteiger partial charge on any atom is 0.134 e. The number of pyridine rings is 1. The lowest BCUT2D eigenvalue weighted by atomic mass is 10.1. The average Bonchev–Trinajstić information content (AvgIpc) is 2.40. The summed E-state index contributed by atoms with van der Waals surface area (Å²) >= 11 is 0. The van der Waals surface area contributed by atoms with Gasteiger partial charge in [0.25, 0.3) is 0 Å². The van der Waals surface area contributed by atoms with Crippen molar-refractivity contribution in [2.75, 3.05) is 37.6 Å². The quantitative estimate of drug-likeness (QED) is 0.881. The van der Waals surface area contributed by atoms with Crippen molar-refractivity contribution in [2.45, 2.75) is 26.4 Å². The van der Waals surface area contributed by atoms with Crippen LogP contribution >= 0.6 is 0 Å². The lowest BCUT2D eigenvalue weighted by molar-refractivity contribution is 0.198. The third kappa shape index (κ3) is 3.00. The third-order valence-corrected chi connectivity index (χ3v) is 3.48. The number of anilines is 1. The van der Waals surface area contributed by atoms with E-state index in [4.69, 9.17) is 0 Å². The lowest BCUT2D eigenvalue weighted by Gasteiger charge is -2.36. The number of hydrogen-bond acceptors (Lipinski definition) is 4. The molecular weight excluding hydrogens is 226 g/mol. The zero-order valence-corrected chi connectivity index (χ0v) is 11.3. The zero-order valence-electron chi connectivity index (χ0n) is 11.3. The third-order valence-electron chi connectivity index (χ3n) is 3.48. The van der Waals surface area contributed by atoms with Crippen LogP contribution in [0.25, 0.3) is 0 Å². The predicted molar refractivity (Wildman–Crippen MR) is 73.8 cm³/mol. The molecule has 4 nitrogen and oxygen atoms in total. The van der Waals surface area contributed by atoms with Crippen LogP contribution in [0.3, 0.4) is 0 Å². The van der Waals surface area contributed by atoms with E-state index in [0.717, 1.165) is 37.6 Å². The molecule has 18 heavy (non-hydrogen) atoms. The van der Waals surface area contributed by atoms with E-state index in [0.29, 0.717) is 0 Å². The van der Waals surface area contributed by atoms with Gasteiger partial charge >= 0.3 is 0 Å². The van der Waals surface area contributed by atoms with E-state index in [1.165, 1.54) is 13.0 Å². The molecule has 1 atom stereocenters. The van der Waals surface area contributed by atoms with Crippen LogP contribution in [-0.4, -0.2) is 47.7 Å². The van der Waals surface area contributed by atoms with E-state index in [1.807, 2.05) is 12.1 Å². The Morgan fingerprint density at radius 2 is 2.06 bits per heavy atom. The van der Waals surface area contributed by atoms with Crippen molar-refractivity contribution in [3.8, 4) is 0 Å². The van der Waals surface area contributed by atoms with Crippen LogP contribution in [0.2, 0.25) is 0 Å². The fourth-order valence-electron chi connectivity index (χ4n) is 2.50. The van der Waals surface area contributed by atoms with Gasteiger partial charge in [0, 0.05) is 37.9 Å². The second-order valence-corrected chi connectivity index (χ2v) is 4.92. The molecule has 1 fully saturated rings. The van der Waals surface area contributed by atoms with Gasteiger partial charge in [0.2, 0.25) is 0 Å². The summed E-state index contributed by atoms with van der Waals surface area (Å²) in [5.74, 6) is 0.948.